The van der Waals surface area contributed by atoms with Gasteiger partial charge in [0.15, 0.2) is 0 Å². The normalized spacial score (nSPS) is 11.6. The fourth-order valence-electron chi connectivity index (χ4n) is 0.800. The minimum absolute atomic E-state index is 0.118. The van der Waals surface area contributed by atoms with Crippen LogP contribution in [0, 0.1) is 13.1 Å². The summed E-state index contributed by atoms with van der Waals surface area (Å²) in [6, 6.07) is 1.16. The molecule has 1 aromatic heterocycles. The zero-order valence-electron chi connectivity index (χ0n) is 6.23. The minimum Gasteiger partial charge on any atom is -0.202 e. The molecule has 1 aromatic rings. The summed E-state index contributed by atoms with van der Waals surface area (Å²) in [6.45, 7) is 2.32. The maximum absolute atomic E-state index is 12.6. The molecule has 0 unspecified atom stereocenters. The Morgan fingerprint density at radius 3 is 2.55 bits per heavy atom. The van der Waals surface area contributed by atoms with E-state index in [-0.39, 0.29) is 11.3 Å². The Labute approximate surface area is 63.3 Å². The molecule has 2 nitrogen and oxygen atoms in total. The number of alkyl halides is 2. The number of hydrogen-bond acceptors (Lipinski definition) is 2. The molecule has 1 heterocycles. The van der Waals surface area contributed by atoms with Gasteiger partial charge in [-0.25, -0.2) is 8.78 Å². The summed E-state index contributed by atoms with van der Waals surface area (Å²) in [5.41, 5.74) is 0.128. The fourth-order valence-corrected chi connectivity index (χ4v) is 0.800. The molecule has 0 aliphatic carbocycles. The maximum Gasteiger partial charge on any atom is 0.272 e. The molecule has 0 N–H and O–H groups in total. The third kappa shape index (κ3) is 1.69. The van der Waals surface area contributed by atoms with Crippen molar-refractivity contribution in [2.24, 2.45) is 0 Å². The smallest absolute Gasteiger partial charge is 0.202 e. The first-order chi connectivity index (χ1) is 5.02. The average Bonchev–Trinajstić information content (AvgIpc) is 1.86. The second-order valence-corrected chi connectivity index (χ2v) is 2.36. The van der Waals surface area contributed by atoms with Gasteiger partial charge in [0.1, 0.15) is 6.20 Å². The van der Waals surface area contributed by atoms with Crippen molar-refractivity contribution < 1.29 is 8.78 Å². The Hall–Kier alpha value is -1.06. The molecule has 0 saturated heterocycles. The molecule has 0 bridgehead atoms. The van der Waals surface area contributed by atoms with Gasteiger partial charge in [-0.15, -0.1) is 5.10 Å². The molecule has 59 valence electrons. The Kier molecular flexibility index (Phi) is 1.85. The monoisotopic (exact) mass is 157 g/mol. The summed E-state index contributed by atoms with van der Waals surface area (Å²) in [7, 11) is 0. The molecular formula is C7H7F2N2. The molecule has 11 heavy (non-hydrogen) atoms. The number of rotatable bonds is 1. The molecule has 1 radical (unpaired) electrons. The van der Waals surface area contributed by atoms with Crippen molar-refractivity contribution in [3.63, 3.8) is 0 Å². The summed E-state index contributed by atoms with van der Waals surface area (Å²) < 4.78 is 25.3. The molecule has 0 fully saturated rings. The predicted octanol–water partition coefficient (Wildman–Crippen LogP) is 1.70. The zero-order chi connectivity index (χ0) is 8.48. The summed E-state index contributed by atoms with van der Waals surface area (Å²) >= 11 is 0. The lowest BCUT2D eigenvalue weighted by atomic mass is 10.1. The molecule has 0 aliphatic heterocycles. The van der Waals surface area contributed by atoms with Gasteiger partial charge in [0.2, 0.25) is 0 Å². The first kappa shape index (κ1) is 8.04. The third-order valence-electron chi connectivity index (χ3n) is 1.33. The third-order valence-corrected chi connectivity index (χ3v) is 1.33. The van der Waals surface area contributed by atoms with Gasteiger partial charge < -0.3 is 0 Å². The van der Waals surface area contributed by atoms with Gasteiger partial charge in [-0.2, -0.15) is 5.10 Å². The van der Waals surface area contributed by atoms with Crippen LogP contribution in [0.4, 0.5) is 8.78 Å². The van der Waals surface area contributed by atoms with Crippen LogP contribution in [0.2, 0.25) is 0 Å². The van der Waals surface area contributed by atoms with Crippen LogP contribution >= 0.6 is 0 Å². The SMILES string of the molecule is Cc1nn[c]cc1C(C)(F)F. The van der Waals surface area contributed by atoms with Crippen molar-refractivity contribution >= 4 is 0 Å². The van der Waals surface area contributed by atoms with Crippen LogP contribution in [-0.2, 0) is 5.92 Å². The van der Waals surface area contributed by atoms with E-state index in [1.807, 2.05) is 0 Å². The highest BCUT2D eigenvalue weighted by molar-refractivity contribution is 5.19. The van der Waals surface area contributed by atoms with E-state index in [0.717, 1.165) is 13.0 Å². The lowest BCUT2D eigenvalue weighted by Crippen LogP contribution is -2.10. The first-order valence-electron chi connectivity index (χ1n) is 3.10. The van der Waals surface area contributed by atoms with E-state index in [4.69, 9.17) is 0 Å². The fraction of sp³-hybridized carbons (Fsp3) is 0.429. The number of hydrogen-bond donors (Lipinski definition) is 0. The van der Waals surface area contributed by atoms with E-state index < -0.39 is 5.92 Å². The highest BCUT2D eigenvalue weighted by Crippen LogP contribution is 2.27. The lowest BCUT2D eigenvalue weighted by molar-refractivity contribution is 0.0162. The summed E-state index contributed by atoms with van der Waals surface area (Å²) in [5.74, 6) is -2.85. The van der Waals surface area contributed by atoms with Crippen molar-refractivity contribution in [2.75, 3.05) is 0 Å². The molecule has 0 amide bonds. The van der Waals surface area contributed by atoms with Gasteiger partial charge in [-0.3, -0.25) is 0 Å². The van der Waals surface area contributed by atoms with E-state index in [2.05, 4.69) is 16.4 Å². The summed E-state index contributed by atoms with van der Waals surface area (Å²) in [6.07, 6.45) is 2.27. The van der Waals surface area contributed by atoms with Crippen LogP contribution in [0.3, 0.4) is 0 Å². The van der Waals surface area contributed by atoms with Crippen molar-refractivity contribution in [1.29, 1.82) is 0 Å². The summed E-state index contributed by atoms with van der Waals surface area (Å²) in [4.78, 5) is 0. The number of halogens is 2. The van der Waals surface area contributed by atoms with Gasteiger partial charge >= 0.3 is 0 Å². The Morgan fingerprint density at radius 2 is 2.18 bits per heavy atom. The molecule has 4 heteroatoms. The highest BCUT2D eigenvalue weighted by Gasteiger charge is 2.26. The van der Waals surface area contributed by atoms with Crippen molar-refractivity contribution in [1.82, 2.24) is 10.2 Å². The second kappa shape index (κ2) is 2.53. The van der Waals surface area contributed by atoms with Crippen molar-refractivity contribution in [3.05, 3.63) is 23.5 Å². The molecule has 0 aliphatic rings. The van der Waals surface area contributed by atoms with Gasteiger partial charge in [0.25, 0.3) is 5.92 Å². The van der Waals surface area contributed by atoms with Crippen LogP contribution in [0.15, 0.2) is 6.07 Å². The largest absolute Gasteiger partial charge is 0.272 e. The Balaban J connectivity index is 3.14. The van der Waals surface area contributed by atoms with Crippen LogP contribution in [0.1, 0.15) is 18.2 Å². The highest BCUT2D eigenvalue weighted by atomic mass is 19.3. The van der Waals surface area contributed by atoms with Crippen LogP contribution in [0.25, 0.3) is 0 Å². The van der Waals surface area contributed by atoms with Gasteiger partial charge in [-0.05, 0) is 13.0 Å². The van der Waals surface area contributed by atoms with Crippen LogP contribution < -0.4 is 0 Å². The first-order valence-corrected chi connectivity index (χ1v) is 3.10. The number of nitrogens with zero attached hydrogens (tertiary/aromatic N) is 2. The second-order valence-electron chi connectivity index (χ2n) is 2.36. The van der Waals surface area contributed by atoms with Gasteiger partial charge in [-0.1, -0.05) is 0 Å². The zero-order valence-corrected chi connectivity index (χ0v) is 6.23. The lowest BCUT2D eigenvalue weighted by Gasteiger charge is -2.10. The van der Waals surface area contributed by atoms with Gasteiger partial charge in [0, 0.05) is 12.5 Å². The standard InChI is InChI=1S/C7H7F2N2/c1-5-6(7(2,8)9)3-4-10-11-5/h3H,1-2H3. The average molecular weight is 157 g/mol. The minimum atomic E-state index is -2.85. The van der Waals surface area contributed by atoms with Crippen molar-refractivity contribution in [2.45, 2.75) is 19.8 Å². The van der Waals surface area contributed by atoms with E-state index in [0.29, 0.717) is 0 Å². The van der Waals surface area contributed by atoms with E-state index >= 15 is 0 Å². The number of aromatic nitrogens is 2. The topological polar surface area (TPSA) is 25.8 Å². The van der Waals surface area contributed by atoms with E-state index in [9.17, 15) is 8.78 Å². The summed E-state index contributed by atoms with van der Waals surface area (Å²) in [5, 5.41) is 6.81. The Morgan fingerprint density at radius 1 is 1.55 bits per heavy atom. The molecule has 0 spiro atoms. The van der Waals surface area contributed by atoms with E-state index in [1.165, 1.54) is 6.92 Å². The Bertz CT molecular complexity index is 255. The molecule has 0 saturated carbocycles. The molecule has 0 aromatic carbocycles. The predicted molar refractivity (Wildman–Crippen MR) is 35.2 cm³/mol. The number of aryl methyl sites for hydroxylation is 1. The molecular weight excluding hydrogens is 150 g/mol. The van der Waals surface area contributed by atoms with Crippen molar-refractivity contribution in [3.8, 4) is 0 Å². The maximum atomic E-state index is 12.6. The van der Waals surface area contributed by atoms with Crippen LogP contribution in [0.5, 0.6) is 0 Å². The molecule has 0 atom stereocenters. The van der Waals surface area contributed by atoms with Gasteiger partial charge in [0.05, 0.1) is 5.69 Å². The molecule has 1 rings (SSSR count). The quantitative estimate of drug-likeness (QED) is 0.620. The van der Waals surface area contributed by atoms with E-state index in [1.54, 1.807) is 0 Å². The van der Waals surface area contributed by atoms with Crippen LogP contribution in [-0.4, -0.2) is 10.2 Å².